The maximum atomic E-state index is 13.0. The first-order valence-corrected chi connectivity index (χ1v) is 10.2. The number of methoxy groups -OCH3 is 1. The zero-order valence-corrected chi connectivity index (χ0v) is 17.8. The number of nitrogens with one attached hydrogen (secondary N) is 2. The van der Waals surface area contributed by atoms with E-state index < -0.39 is 11.9 Å². The molecule has 0 spiro atoms. The van der Waals surface area contributed by atoms with Crippen molar-refractivity contribution in [1.82, 2.24) is 15.5 Å². The molecule has 8 heteroatoms. The molecule has 1 aromatic rings. The highest BCUT2D eigenvalue weighted by atomic mass is 16.5. The summed E-state index contributed by atoms with van der Waals surface area (Å²) in [5, 5.41) is 5.29. The van der Waals surface area contributed by atoms with E-state index in [0.29, 0.717) is 5.56 Å². The minimum absolute atomic E-state index is 0.0167. The molecule has 2 aliphatic rings. The summed E-state index contributed by atoms with van der Waals surface area (Å²) in [6, 6.07) is 5.83. The van der Waals surface area contributed by atoms with Crippen LogP contribution in [-0.2, 0) is 25.7 Å². The minimum atomic E-state index is -0.769. The van der Waals surface area contributed by atoms with Crippen LogP contribution in [0.2, 0.25) is 0 Å². The fraction of sp³-hybridized carbons (Fsp3) is 0.391. The number of hydrogen-bond acceptors (Lipinski definition) is 5. The molecule has 1 aliphatic heterocycles. The average Bonchev–Trinajstić information content (AvgIpc) is 3.09. The Balaban J connectivity index is 1.72. The van der Waals surface area contributed by atoms with Gasteiger partial charge in [-0.2, -0.15) is 0 Å². The Hall–Kier alpha value is -3.42. The zero-order chi connectivity index (χ0) is 22.7. The van der Waals surface area contributed by atoms with Crippen molar-refractivity contribution in [2.45, 2.75) is 51.1 Å². The Bertz CT molecular complexity index is 960. The van der Waals surface area contributed by atoms with Crippen molar-refractivity contribution in [3.63, 3.8) is 0 Å². The summed E-state index contributed by atoms with van der Waals surface area (Å²) in [6.07, 6.45) is 3.60. The minimum Gasteiger partial charge on any atom is -0.464 e. The predicted octanol–water partition coefficient (Wildman–Crippen LogP) is 2.12. The van der Waals surface area contributed by atoms with E-state index in [9.17, 15) is 19.2 Å². The van der Waals surface area contributed by atoms with Gasteiger partial charge in [0.15, 0.2) is 0 Å². The number of carbonyl (C=O) groups is 4. The molecule has 1 fully saturated rings. The standard InChI is InChI=1S/C23H27N3O5/c1-13(23(30)31-4)24-21(28)14(2)26-12-20-18(6-5-7-19(20)22(26)29)16-8-10-17(11-9-16)25-15(3)27/h5-7,16-17H,1-2,8-12H2,3-4H3,(H,24,28)(H,25,27). The fourth-order valence-electron chi connectivity index (χ4n) is 4.30. The maximum absolute atomic E-state index is 13.0. The second kappa shape index (κ2) is 9.16. The Morgan fingerprint density at radius 1 is 1.13 bits per heavy atom. The lowest BCUT2D eigenvalue weighted by molar-refractivity contribution is -0.137. The van der Waals surface area contributed by atoms with Gasteiger partial charge in [-0.05, 0) is 48.8 Å². The van der Waals surface area contributed by atoms with E-state index in [1.807, 2.05) is 12.1 Å². The fourth-order valence-corrected chi connectivity index (χ4v) is 4.30. The summed E-state index contributed by atoms with van der Waals surface area (Å²) in [5.41, 5.74) is 2.27. The summed E-state index contributed by atoms with van der Waals surface area (Å²) in [4.78, 5) is 49.5. The lowest BCUT2D eigenvalue weighted by atomic mass is 9.79. The number of ether oxygens (including phenoxy) is 1. The molecule has 0 unspecified atom stereocenters. The zero-order valence-electron chi connectivity index (χ0n) is 17.8. The molecular weight excluding hydrogens is 398 g/mol. The van der Waals surface area contributed by atoms with Gasteiger partial charge in [0.25, 0.3) is 11.8 Å². The molecule has 3 amide bonds. The van der Waals surface area contributed by atoms with E-state index >= 15 is 0 Å². The van der Waals surface area contributed by atoms with Gasteiger partial charge < -0.3 is 15.4 Å². The van der Waals surface area contributed by atoms with E-state index in [1.165, 1.54) is 18.9 Å². The molecular formula is C23H27N3O5. The Morgan fingerprint density at radius 3 is 2.42 bits per heavy atom. The van der Waals surface area contributed by atoms with Crippen molar-refractivity contribution >= 4 is 23.7 Å². The Kier molecular flexibility index (Phi) is 6.58. The second-order valence-electron chi connectivity index (χ2n) is 7.88. The van der Waals surface area contributed by atoms with Crippen molar-refractivity contribution in [3.05, 3.63) is 59.4 Å². The van der Waals surface area contributed by atoms with E-state index in [1.54, 1.807) is 6.07 Å². The van der Waals surface area contributed by atoms with Crippen LogP contribution in [-0.4, -0.2) is 41.7 Å². The van der Waals surface area contributed by atoms with E-state index in [2.05, 4.69) is 28.5 Å². The van der Waals surface area contributed by atoms with Gasteiger partial charge in [0.1, 0.15) is 11.4 Å². The molecule has 8 nitrogen and oxygen atoms in total. The molecule has 31 heavy (non-hydrogen) atoms. The lowest BCUT2D eigenvalue weighted by Gasteiger charge is -2.30. The van der Waals surface area contributed by atoms with Crippen LogP contribution in [0.15, 0.2) is 42.8 Å². The van der Waals surface area contributed by atoms with E-state index in [0.717, 1.165) is 36.8 Å². The van der Waals surface area contributed by atoms with Crippen molar-refractivity contribution in [3.8, 4) is 0 Å². The number of rotatable bonds is 6. The highest BCUT2D eigenvalue weighted by Gasteiger charge is 2.35. The van der Waals surface area contributed by atoms with Crippen molar-refractivity contribution in [2.24, 2.45) is 0 Å². The van der Waals surface area contributed by atoms with Gasteiger partial charge in [-0.3, -0.25) is 19.3 Å². The number of nitrogens with zero attached hydrogens (tertiary/aromatic N) is 1. The molecule has 0 aromatic heterocycles. The molecule has 2 N–H and O–H groups in total. The molecule has 0 saturated heterocycles. The van der Waals surface area contributed by atoms with Gasteiger partial charge in [0.05, 0.1) is 13.7 Å². The van der Waals surface area contributed by atoms with Crippen LogP contribution in [0.4, 0.5) is 0 Å². The molecule has 3 rings (SSSR count). The molecule has 1 saturated carbocycles. The van der Waals surface area contributed by atoms with Crippen LogP contribution in [0.3, 0.4) is 0 Å². The number of carbonyl (C=O) groups excluding carboxylic acids is 4. The third kappa shape index (κ3) is 4.68. The molecule has 1 heterocycles. The Labute approximate surface area is 181 Å². The first-order chi connectivity index (χ1) is 14.7. The van der Waals surface area contributed by atoms with Crippen LogP contribution in [0.25, 0.3) is 0 Å². The van der Waals surface area contributed by atoms with Gasteiger partial charge in [-0.15, -0.1) is 0 Å². The van der Waals surface area contributed by atoms with Gasteiger partial charge in [0.2, 0.25) is 5.91 Å². The van der Waals surface area contributed by atoms with Crippen molar-refractivity contribution in [2.75, 3.05) is 7.11 Å². The summed E-state index contributed by atoms with van der Waals surface area (Å²) in [6.45, 7) is 8.97. The number of hydrogen-bond donors (Lipinski definition) is 2. The summed E-state index contributed by atoms with van der Waals surface area (Å²) in [5.74, 6) is -1.48. The molecule has 164 valence electrons. The summed E-state index contributed by atoms with van der Waals surface area (Å²) < 4.78 is 4.51. The number of amides is 3. The van der Waals surface area contributed by atoms with Crippen LogP contribution in [0.1, 0.15) is 60.0 Å². The average molecular weight is 425 g/mol. The first kappa shape index (κ1) is 22.3. The van der Waals surface area contributed by atoms with Gasteiger partial charge in [0, 0.05) is 18.5 Å². The quantitative estimate of drug-likeness (QED) is 0.537. The molecule has 1 aliphatic carbocycles. The molecule has 0 radical (unpaired) electrons. The third-order valence-electron chi connectivity index (χ3n) is 5.86. The first-order valence-electron chi connectivity index (χ1n) is 10.2. The summed E-state index contributed by atoms with van der Waals surface area (Å²) in [7, 11) is 1.18. The number of benzene rings is 1. The lowest BCUT2D eigenvalue weighted by Crippen LogP contribution is -2.36. The van der Waals surface area contributed by atoms with Gasteiger partial charge >= 0.3 is 5.97 Å². The molecule has 0 bridgehead atoms. The monoisotopic (exact) mass is 425 g/mol. The normalized spacial score (nSPS) is 19.9. The van der Waals surface area contributed by atoms with Crippen LogP contribution in [0, 0.1) is 0 Å². The SMILES string of the molecule is C=C(NC(=O)C(=C)N1Cc2c(cccc2C2CCC(NC(C)=O)CC2)C1=O)C(=O)OC. The number of fused-ring (bicyclic) bond motifs is 1. The highest BCUT2D eigenvalue weighted by molar-refractivity contribution is 6.07. The van der Waals surface area contributed by atoms with Crippen LogP contribution in [0.5, 0.6) is 0 Å². The topological polar surface area (TPSA) is 105 Å². The smallest absolute Gasteiger partial charge is 0.353 e. The van der Waals surface area contributed by atoms with Crippen molar-refractivity contribution in [1.29, 1.82) is 0 Å². The highest BCUT2D eigenvalue weighted by Crippen LogP contribution is 2.38. The second-order valence-corrected chi connectivity index (χ2v) is 7.88. The Morgan fingerprint density at radius 2 is 1.81 bits per heavy atom. The van der Waals surface area contributed by atoms with E-state index in [-0.39, 0.29) is 41.7 Å². The van der Waals surface area contributed by atoms with Gasteiger partial charge in [-0.1, -0.05) is 25.3 Å². The predicted molar refractivity (Wildman–Crippen MR) is 114 cm³/mol. The van der Waals surface area contributed by atoms with Crippen LogP contribution < -0.4 is 10.6 Å². The van der Waals surface area contributed by atoms with Crippen molar-refractivity contribution < 1.29 is 23.9 Å². The van der Waals surface area contributed by atoms with E-state index in [4.69, 9.17) is 0 Å². The summed E-state index contributed by atoms with van der Waals surface area (Å²) >= 11 is 0. The third-order valence-corrected chi connectivity index (χ3v) is 5.86. The largest absolute Gasteiger partial charge is 0.464 e. The molecule has 1 aromatic carbocycles. The number of esters is 1. The maximum Gasteiger partial charge on any atom is 0.353 e. The molecule has 0 atom stereocenters. The van der Waals surface area contributed by atoms with Gasteiger partial charge in [-0.25, -0.2) is 4.79 Å². The van der Waals surface area contributed by atoms with Crippen LogP contribution >= 0.6 is 0 Å².